The van der Waals surface area contributed by atoms with E-state index >= 15 is 0 Å². The molecule has 100 valence electrons. The third kappa shape index (κ3) is 3.56. The average Bonchev–Trinajstić information content (AvgIpc) is 3.16. The molecule has 18 heavy (non-hydrogen) atoms. The number of likely N-dealkylation sites (N-methyl/N-ethyl adjacent to an activating group) is 1. The zero-order valence-electron chi connectivity index (χ0n) is 12.2. The van der Waals surface area contributed by atoms with Crippen molar-refractivity contribution in [3.05, 3.63) is 34.9 Å². The lowest BCUT2D eigenvalue weighted by Crippen LogP contribution is -2.32. The summed E-state index contributed by atoms with van der Waals surface area (Å²) in [5.41, 5.74) is 4.16. The molecule has 0 saturated heterocycles. The number of hydrogen-bond donors (Lipinski definition) is 1. The van der Waals surface area contributed by atoms with Gasteiger partial charge < -0.3 is 10.2 Å². The summed E-state index contributed by atoms with van der Waals surface area (Å²) in [6, 6.07) is 8.07. The first-order chi connectivity index (χ1) is 8.58. The first-order valence-corrected chi connectivity index (χ1v) is 7.08. The molecule has 1 saturated carbocycles. The topological polar surface area (TPSA) is 15.3 Å². The van der Waals surface area contributed by atoms with E-state index in [0.29, 0.717) is 6.04 Å². The Morgan fingerprint density at radius 1 is 1.28 bits per heavy atom. The number of benzene rings is 1. The summed E-state index contributed by atoms with van der Waals surface area (Å²) < 4.78 is 0. The summed E-state index contributed by atoms with van der Waals surface area (Å²) in [4.78, 5) is 2.47. The van der Waals surface area contributed by atoms with Crippen molar-refractivity contribution < 1.29 is 0 Å². The van der Waals surface area contributed by atoms with Crippen LogP contribution in [0.1, 0.15) is 42.5 Å². The van der Waals surface area contributed by atoms with Gasteiger partial charge in [0.05, 0.1) is 0 Å². The predicted molar refractivity (Wildman–Crippen MR) is 78.0 cm³/mol. The van der Waals surface area contributed by atoms with E-state index in [4.69, 9.17) is 0 Å². The minimum absolute atomic E-state index is 0.442. The maximum atomic E-state index is 3.62. The lowest BCUT2D eigenvalue weighted by atomic mass is 10.0. The molecule has 1 aromatic rings. The van der Waals surface area contributed by atoms with Crippen molar-refractivity contribution in [2.45, 2.75) is 45.7 Å². The highest BCUT2D eigenvalue weighted by Gasteiger charge is 2.25. The van der Waals surface area contributed by atoms with Crippen LogP contribution >= 0.6 is 0 Å². The molecule has 2 rings (SSSR count). The molecular weight excluding hydrogens is 220 g/mol. The van der Waals surface area contributed by atoms with E-state index in [0.717, 1.165) is 19.1 Å². The van der Waals surface area contributed by atoms with Crippen LogP contribution in [0.3, 0.4) is 0 Å². The molecule has 1 aromatic carbocycles. The Bertz CT molecular complexity index is 396. The maximum Gasteiger partial charge on any atom is 0.0292 e. The Hall–Kier alpha value is -0.860. The van der Waals surface area contributed by atoms with Gasteiger partial charge in [-0.2, -0.15) is 0 Å². The quantitative estimate of drug-likeness (QED) is 0.830. The van der Waals surface area contributed by atoms with Gasteiger partial charge in [0.25, 0.3) is 0 Å². The van der Waals surface area contributed by atoms with Gasteiger partial charge in [-0.3, -0.25) is 0 Å². The van der Waals surface area contributed by atoms with Crippen LogP contribution in [0, 0.1) is 13.8 Å². The van der Waals surface area contributed by atoms with Crippen molar-refractivity contribution >= 4 is 0 Å². The van der Waals surface area contributed by atoms with Gasteiger partial charge in [0.1, 0.15) is 0 Å². The molecule has 1 aliphatic rings. The van der Waals surface area contributed by atoms with Gasteiger partial charge in [-0.1, -0.05) is 18.2 Å². The second kappa shape index (κ2) is 5.85. The molecule has 0 amide bonds. The van der Waals surface area contributed by atoms with Crippen molar-refractivity contribution in [2.24, 2.45) is 0 Å². The minimum Gasteiger partial charge on any atom is -0.309 e. The Kier molecular flexibility index (Phi) is 4.41. The zero-order valence-corrected chi connectivity index (χ0v) is 12.2. The Morgan fingerprint density at radius 2 is 2.00 bits per heavy atom. The number of nitrogens with zero attached hydrogens (tertiary/aromatic N) is 1. The molecule has 0 aromatic heterocycles. The second-order valence-corrected chi connectivity index (χ2v) is 5.73. The molecule has 2 heteroatoms. The molecule has 1 aliphatic carbocycles. The third-order valence-electron chi connectivity index (χ3n) is 4.12. The molecule has 0 heterocycles. The van der Waals surface area contributed by atoms with Crippen LogP contribution in [0.15, 0.2) is 18.2 Å². The van der Waals surface area contributed by atoms with Gasteiger partial charge in [0.15, 0.2) is 0 Å². The van der Waals surface area contributed by atoms with Crippen molar-refractivity contribution in [1.29, 1.82) is 0 Å². The summed E-state index contributed by atoms with van der Waals surface area (Å²) in [6.07, 6.45) is 2.78. The van der Waals surface area contributed by atoms with E-state index in [1.807, 2.05) is 0 Å². The average molecular weight is 246 g/mol. The fraction of sp³-hybridized carbons (Fsp3) is 0.625. The van der Waals surface area contributed by atoms with E-state index < -0.39 is 0 Å². The highest BCUT2D eigenvalue weighted by Crippen LogP contribution is 2.24. The fourth-order valence-corrected chi connectivity index (χ4v) is 2.31. The van der Waals surface area contributed by atoms with Crippen molar-refractivity contribution in [1.82, 2.24) is 10.2 Å². The monoisotopic (exact) mass is 246 g/mol. The molecule has 2 nitrogen and oxygen atoms in total. The van der Waals surface area contributed by atoms with Crippen LogP contribution < -0.4 is 5.32 Å². The molecular formula is C16H26N2. The molecule has 0 bridgehead atoms. The number of aryl methyl sites for hydroxylation is 2. The number of nitrogens with one attached hydrogen (secondary N) is 1. The highest BCUT2D eigenvalue weighted by atomic mass is 15.2. The SMILES string of the molecule is Cc1ccc(C(C)NCCN(C)C2CC2)cc1C. The standard InChI is InChI=1S/C16H26N2/c1-12-5-6-15(11-13(12)2)14(3)17-9-10-18(4)16-7-8-16/h5-6,11,14,16-17H,7-10H2,1-4H3. The molecule has 0 spiro atoms. The van der Waals surface area contributed by atoms with Gasteiger partial charge >= 0.3 is 0 Å². The van der Waals surface area contributed by atoms with Crippen LogP contribution in [0.4, 0.5) is 0 Å². The second-order valence-electron chi connectivity index (χ2n) is 5.73. The zero-order chi connectivity index (χ0) is 13.1. The van der Waals surface area contributed by atoms with Gasteiger partial charge in [-0.05, 0) is 57.4 Å². The van der Waals surface area contributed by atoms with E-state index in [9.17, 15) is 0 Å². The van der Waals surface area contributed by atoms with Gasteiger partial charge in [-0.25, -0.2) is 0 Å². The van der Waals surface area contributed by atoms with E-state index in [1.54, 1.807) is 0 Å². The van der Waals surface area contributed by atoms with Crippen LogP contribution in [0.25, 0.3) is 0 Å². The fourth-order valence-electron chi connectivity index (χ4n) is 2.31. The van der Waals surface area contributed by atoms with E-state index in [-0.39, 0.29) is 0 Å². The van der Waals surface area contributed by atoms with Gasteiger partial charge in [0, 0.05) is 25.2 Å². The van der Waals surface area contributed by atoms with Crippen molar-refractivity contribution in [3.8, 4) is 0 Å². The van der Waals surface area contributed by atoms with Crippen LogP contribution in [-0.2, 0) is 0 Å². The largest absolute Gasteiger partial charge is 0.309 e. The van der Waals surface area contributed by atoms with E-state index in [2.05, 4.69) is 56.2 Å². The van der Waals surface area contributed by atoms with Gasteiger partial charge in [-0.15, -0.1) is 0 Å². The lowest BCUT2D eigenvalue weighted by Gasteiger charge is -2.19. The molecule has 1 atom stereocenters. The third-order valence-corrected chi connectivity index (χ3v) is 4.12. The van der Waals surface area contributed by atoms with Crippen molar-refractivity contribution in [3.63, 3.8) is 0 Å². The highest BCUT2D eigenvalue weighted by molar-refractivity contribution is 5.31. The first kappa shape index (κ1) is 13.6. The summed E-state index contributed by atoms with van der Waals surface area (Å²) in [5.74, 6) is 0. The van der Waals surface area contributed by atoms with Gasteiger partial charge in [0.2, 0.25) is 0 Å². The minimum atomic E-state index is 0.442. The molecule has 1 N–H and O–H groups in total. The first-order valence-electron chi connectivity index (χ1n) is 7.08. The number of hydrogen-bond acceptors (Lipinski definition) is 2. The van der Waals surface area contributed by atoms with Crippen LogP contribution in [0.5, 0.6) is 0 Å². The van der Waals surface area contributed by atoms with Crippen LogP contribution in [0.2, 0.25) is 0 Å². The summed E-state index contributed by atoms with van der Waals surface area (Å²) in [6.45, 7) is 8.83. The Labute approximate surface area is 111 Å². The summed E-state index contributed by atoms with van der Waals surface area (Å²) in [7, 11) is 2.24. The van der Waals surface area contributed by atoms with E-state index in [1.165, 1.54) is 29.5 Å². The molecule has 0 aliphatic heterocycles. The normalized spacial score (nSPS) is 17.2. The summed E-state index contributed by atoms with van der Waals surface area (Å²) >= 11 is 0. The molecule has 1 unspecified atom stereocenters. The van der Waals surface area contributed by atoms with Crippen molar-refractivity contribution in [2.75, 3.05) is 20.1 Å². The summed E-state index contributed by atoms with van der Waals surface area (Å²) in [5, 5.41) is 3.62. The Morgan fingerprint density at radius 3 is 2.61 bits per heavy atom. The Balaban J connectivity index is 1.79. The number of rotatable bonds is 6. The maximum absolute atomic E-state index is 3.62. The van der Waals surface area contributed by atoms with Crippen LogP contribution in [-0.4, -0.2) is 31.1 Å². The molecule has 1 fully saturated rings. The predicted octanol–water partition coefficient (Wildman–Crippen LogP) is 3.05. The smallest absolute Gasteiger partial charge is 0.0292 e. The molecule has 0 radical (unpaired) electrons. The lowest BCUT2D eigenvalue weighted by molar-refractivity contribution is 0.316.